The largest absolute Gasteiger partial charge is 0.339 e. The molecule has 1 heterocycles. The molecule has 0 aliphatic carbocycles. The number of nitrogens with one attached hydrogen (secondary N) is 1. The molecule has 1 aliphatic rings. The zero-order chi connectivity index (χ0) is 6.69. The Bertz CT molecular complexity index is 75.0. The molecule has 9 heavy (non-hydrogen) atoms. The first kappa shape index (κ1) is 7.03. The third-order valence-electron chi connectivity index (χ3n) is 1.95. The fourth-order valence-electron chi connectivity index (χ4n) is 1.56. The van der Waals surface area contributed by atoms with Gasteiger partial charge in [0.25, 0.3) is 0 Å². The van der Waals surface area contributed by atoms with Crippen LogP contribution in [0.2, 0.25) is 0 Å². The number of likely N-dealkylation sites (N-methyl/N-ethyl adjacent to an activating group) is 1. The normalized spacial score (nSPS) is 27.7. The van der Waals surface area contributed by atoms with Gasteiger partial charge in [-0.3, -0.25) is 0 Å². The van der Waals surface area contributed by atoms with Crippen LogP contribution >= 0.6 is 0 Å². The van der Waals surface area contributed by atoms with E-state index in [1.807, 2.05) is 0 Å². The van der Waals surface area contributed by atoms with Gasteiger partial charge in [0.2, 0.25) is 0 Å². The van der Waals surface area contributed by atoms with Crippen molar-refractivity contribution in [2.24, 2.45) is 0 Å². The summed E-state index contributed by atoms with van der Waals surface area (Å²) in [7, 11) is 4.46. The van der Waals surface area contributed by atoms with E-state index in [1.54, 1.807) is 4.90 Å². The smallest absolute Gasteiger partial charge is 0.136 e. The van der Waals surface area contributed by atoms with E-state index in [2.05, 4.69) is 19.4 Å². The Labute approximate surface area is 57.2 Å². The molecule has 0 saturated carbocycles. The van der Waals surface area contributed by atoms with E-state index in [-0.39, 0.29) is 0 Å². The van der Waals surface area contributed by atoms with Gasteiger partial charge in [-0.1, -0.05) is 0 Å². The van der Waals surface area contributed by atoms with Gasteiger partial charge in [0.1, 0.15) is 12.6 Å². The van der Waals surface area contributed by atoms with Crippen LogP contribution < -0.4 is 10.2 Å². The summed E-state index contributed by atoms with van der Waals surface area (Å²) in [4.78, 5) is 1.58. The fraction of sp³-hybridized carbons (Fsp3) is 1.00. The molecule has 0 aromatic carbocycles. The summed E-state index contributed by atoms with van der Waals surface area (Å²) in [5.41, 5.74) is 0. The second-order valence-corrected chi connectivity index (χ2v) is 3.34. The van der Waals surface area contributed by atoms with Crippen molar-refractivity contribution < 1.29 is 10.2 Å². The van der Waals surface area contributed by atoms with E-state index in [0.29, 0.717) is 0 Å². The van der Waals surface area contributed by atoms with Gasteiger partial charge in [-0.05, 0) is 0 Å². The third-order valence-corrected chi connectivity index (χ3v) is 1.95. The molecule has 1 aliphatic heterocycles. The summed E-state index contributed by atoms with van der Waals surface area (Å²) < 4.78 is 0. The maximum atomic E-state index is 2.48. The Kier molecular flexibility index (Phi) is 2.49. The molecular formula is C7H18N2+2. The quantitative estimate of drug-likeness (QED) is 0.425. The summed E-state index contributed by atoms with van der Waals surface area (Å²) in [5, 5.41) is 2.48. The van der Waals surface area contributed by atoms with Crippen molar-refractivity contribution in [3.05, 3.63) is 0 Å². The van der Waals surface area contributed by atoms with Crippen molar-refractivity contribution in [1.29, 1.82) is 0 Å². The van der Waals surface area contributed by atoms with Gasteiger partial charge in [-0.15, -0.1) is 0 Å². The molecular weight excluding hydrogens is 112 g/mol. The monoisotopic (exact) mass is 130 g/mol. The van der Waals surface area contributed by atoms with Crippen molar-refractivity contribution in [3.63, 3.8) is 0 Å². The predicted molar refractivity (Wildman–Crippen MR) is 37.5 cm³/mol. The molecule has 0 unspecified atom stereocenters. The van der Waals surface area contributed by atoms with E-state index < -0.39 is 0 Å². The second-order valence-electron chi connectivity index (χ2n) is 3.34. The van der Waals surface area contributed by atoms with Crippen LogP contribution in [0, 0.1) is 0 Å². The number of quaternary nitrogens is 2. The highest BCUT2D eigenvalue weighted by Gasteiger charge is 2.20. The Morgan fingerprint density at radius 2 is 2.33 bits per heavy atom. The van der Waals surface area contributed by atoms with Crippen molar-refractivity contribution in [2.45, 2.75) is 18.9 Å². The average Bonchev–Trinajstić information content (AvgIpc) is 2.15. The van der Waals surface area contributed by atoms with Crippen LogP contribution in [-0.2, 0) is 0 Å². The lowest BCUT2D eigenvalue weighted by atomic mass is 10.2. The molecule has 0 spiro atoms. The minimum absolute atomic E-state index is 0.926. The highest BCUT2D eigenvalue weighted by atomic mass is 15.1. The summed E-state index contributed by atoms with van der Waals surface area (Å²) in [5.74, 6) is 0. The number of hydrogen-bond donors (Lipinski definition) is 2. The molecule has 1 saturated heterocycles. The Hall–Kier alpha value is -0.0800. The lowest BCUT2D eigenvalue weighted by Gasteiger charge is -2.09. The average molecular weight is 130 g/mol. The van der Waals surface area contributed by atoms with Crippen molar-refractivity contribution in [1.82, 2.24) is 0 Å². The Morgan fingerprint density at radius 3 is 2.78 bits per heavy atom. The van der Waals surface area contributed by atoms with E-state index in [4.69, 9.17) is 0 Å². The highest BCUT2D eigenvalue weighted by Crippen LogP contribution is 1.93. The highest BCUT2D eigenvalue weighted by molar-refractivity contribution is 4.56. The first-order valence-corrected chi connectivity index (χ1v) is 3.91. The zero-order valence-corrected chi connectivity index (χ0v) is 6.48. The van der Waals surface area contributed by atoms with E-state index in [9.17, 15) is 0 Å². The second kappa shape index (κ2) is 3.18. The molecule has 1 fully saturated rings. The first-order chi connectivity index (χ1) is 4.29. The molecule has 0 aromatic rings. The van der Waals surface area contributed by atoms with Gasteiger partial charge in [0.15, 0.2) is 0 Å². The summed E-state index contributed by atoms with van der Waals surface area (Å²) in [6.45, 7) is 2.69. The van der Waals surface area contributed by atoms with Crippen LogP contribution in [0.25, 0.3) is 0 Å². The lowest BCUT2D eigenvalue weighted by molar-refractivity contribution is -0.880. The lowest BCUT2D eigenvalue weighted by Crippen LogP contribution is -3.10. The summed E-state index contributed by atoms with van der Waals surface area (Å²) in [6, 6.07) is 0.926. The van der Waals surface area contributed by atoms with Gasteiger partial charge < -0.3 is 10.2 Å². The van der Waals surface area contributed by atoms with E-state index in [0.717, 1.165) is 6.04 Å². The number of hydrogen-bond acceptors (Lipinski definition) is 0. The van der Waals surface area contributed by atoms with Crippen LogP contribution in [0.5, 0.6) is 0 Å². The van der Waals surface area contributed by atoms with Crippen molar-refractivity contribution in [3.8, 4) is 0 Å². The molecule has 0 bridgehead atoms. The molecule has 2 heteroatoms. The minimum Gasteiger partial charge on any atom is -0.339 e. The van der Waals surface area contributed by atoms with Crippen LogP contribution in [0.3, 0.4) is 0 Å². The molecule has 3 N–H and O–H groups in total. The topological polar surface area (TPSA) is 21.1 Å². The predicted octanol–water partition coefficient (Wildman–Crippen LogP) is -2.14. The van der Waals surface area contributed by atoms with Crippen LogP contribution in [0.15, 0.2) is 0 Å². The molecule has 54 valence electrons. The fourth-order valence-corrected chi connectivity index (χ4v) is 1.56. The number of nitrogens with two attached hydrogens (primary N) is 1. The molecule has 1 rings (SSSR count). The summed E-state index contributed by atoms with van der Waals surface area (Å²) >= 11 is 0. The van der Waals surface area contributed by atoms with Gasteiger partial charge in [-0.2, -0.15) is 0 Å². The zero-order valence-electron chi connectivity index (χ0n) is 6.48. The van der Waals surface area contributed by atoms with Crippen LogP contribution in [-0.4, -0.2) is 33.2 Å². The molecule has 0 radical (unpaired) electrons. The van der Waals surface area contributed by atoms with Gasteiger partial charge in [0, 0.05) is 12.8 Å². The molecule has 0 amide bonds. The molecule has 2 nitrogen and oxygen atoms in total. The van der Waals surface area contributed by atoms with Gasteiger partial charge in [0.05, 0.1) is 20.6 Å². The SMILES string of the molecule is C[NH+](C)C[C@@H]1CCC[NH2+]1. The van der Waals surface area contributed by atoms with Crippen molar-refractivity contribution >= 4 is 0 Å². The van der Waals surface area contributed by atoms with Crippen molar-refractivity contribution in [2.75, 3.05) is 27.2 Å². The van der Waals surface area contributed by atoms with Gasteiger partial charge >= 0.3 is 0 Å². The minimum atomic E-state index is 0.926. The maximum Gasteiger partial charge on any atom is 0.136 e. The number of rotatable bonds is 2. The summed E-state index contributed by atoms with van der Waals surface area (Å²) in [6.07, 6.45) is 2.86. The Morgan fingerprint density at radius 1 is 1.56 bits per heavy atom. The Balaban J connectivity index is 2.11. The molecule has 0 aromatic heterocycles. The van der Waals surface area contributed by atoms with E-state index in [1.165, 1.54) is 25.9 Å². The maximum absolute atomic E-state index is 2.48. The standard InChI is InChI=1S/C7H16N2/c1-9(2)6-7-4-3-5-8-7/h7-8H,3-6H2,1-2H3/p+2/t7-/m0/s1. The first-order valence-electron chi connectivity index (χ1n) is 3.91. The molecule has 1 atom stereocenters. The van der Waals surface area contributed by atoms with Gasteiger partial charge in [-0.25, -0.2) is 0 Å². The van der Waals surface area contributed by atoms with E-state index >= 15 is 0 Å². The van der Waals surface area contributed by atoms with Crippen LogP contribution in [0.1, 0.15) is 12.8 Å². The third kappa shape index (κ3) is 2.33. The van der Waals surface area contributed by atoms with Crippen LogP contribution in [0.4, 0.5) is 0 Å².